The molecular weight excluding hydrogens is 395 g/mol. The van der Waals surface area contributed by atoms with Crippen LogP contribution < -0.4 is 10.2 Å². The summed E-state index contributed by atoms with van der Waals surface area (Å²) in [7, 11) is 2.11. The van der Waals surface area contributed by atoms with Gasteiger partial charge < -0.3 is 4.74 Å². The second-order valence-electron chi connectivity index (χ2n) is 6.82. The van der Waals surface area contributed by atoms with Crippen molar-refractivity contribution in [2.24, 2.45) is 0 Å². The predicted octanol–water partition coefficient (Wildman–Crippen LogP) is 5.90. The van der Waals surface area contributed by atoms with E-state index in [9.17, 15) is 0 Å². The van der Waals surface area contributed by atoms with Gasteiger partial charge in [-0.05, 0) is 65.4 Å². The van der Waals surface area contributed by atoms with E-state index in [-0.39, 0.29) is 0 Å². The third-order valence-electron chi connectivity index (χ3n) is 4.59. The molecule has 0 aliphatic heterocycles. The molecule has 0 heterocycles. The molecule has 1 nitrogen and oxygen atoms in total. The number of hydrogen-bond acceptors (Lipinski definition) is 1. The SMILES string of the molecule is Bc1cc(Oc2cc(Br)cc(-c3ccccc3)c2)cc(C2=CCCC=C2)c1. The lowest BCUT2D eigenvalue weighted by molar-refractivity contribution is 0.483. The van der Waals surface area contributed by atoms with Crippen molar-refractivity contribution in [2.45, 2.75) is 12.8 Å². The van der Waals surface area contributed by atoms with Gasteiger partial charge in [-0.25, -0.2) is 0 Å². The number of halogens is 1. The zero-order chi connectivity index (χ0) is 18.6. The van der Waals surface area contributed by atoms with E-state index in [0.29, 0.717) is 0 Å². The maximum Gasteiger partial charge on any atom is 0.139 e. The number of benzene rings is 3. The zero-order valence-electron chi connectivity index (χ0n) is 15.3. The maximum atomic E-state index is 6.25. The van der Waals surface area contributed by atoms with Crippen LogP contribution in [0, 0.1) is 0 Å². The first-order valence-electron chi connectivity index (χ1n) is 9.20. The first-order valence-corrected chi connectivity index (χ1v) is 9.99. The van der Waals surface area contributed by atoms with Crippen LogP contribution in [0.15, 0.2) is 89.4 Å². The van der Waals surface area contributed by atoms with E-state index < -0.39 is 0 Å². The Bertz CT molecular complexity index is 1020. The molecule has 0 aromatic heterocycles. The van der Waals surface area contributed by atoms with E-state index in [4.69, 9.17) is 4.74 Å². The molecule has 0 saturated carbocycles. The molecule has 0 spiro atoms. The van der Waals surface area contributed by atoms with Gasteiger partial charge >= 0.3 is 0 Å². The van der Waals surface area contributed by atoms with Crippen LogP contribution in [0.2, 0.25) is 0 Å². The minimum Gasteiger partial charge on any atom is -0.457 e. The summed E-state index contributed by atoms with van der Waals surface area (Å²) in [6.07, 6.45) is 8.96. The van der Waals surface area contributed by atoms with Crippen molar-refractivity contribution in [3.8, 4) is 22.6 Å². The summed E-state index contributed by atoms with van der Waals surface area (Å²) in [5, 5.41) is 0. The topological polar surface area (TPSA) is 9.23 Å². The van der Waals surface area contributed by atoms with Crippen LogP contribution in [0.4, 0.5) is 0 Å². The summed E-state index contributed by atoms with van der Waals surface area (Å²) < 4.78 is 7.26. The second kappa shape index (κ2) is 8.02. The van der Waals surface area contributed by atoms with Crippen molar-refractivity contribution in [1.82, 2.24) is 0 Å². The molecule has 4 rings (SSSR count). The van der Waals surface area contributed by atoms with Crippen molar-refractivity contribution < 1.29 is 4.74 Å². The van der Waals surface area contributed by atoms with Crippen LogP contribution in [0.3, 0.4) is 0 Å². The van der Waals surface area contributed by atoms with E-state index in [1.54, 1.807) is 0 Å². The molecule has 0 fully saturated rings. The van der Waals surface area contributed by atoms with Crippen molar-refractivity contribution in [2.75, 3.05) is 0 Å². The van der Waals surface area contributed by atoms with Gasteiger partial charge in [0.05, 0.1) is 0 Å². The Labute approximate surface area is 169 Å². The number of hydrogen-bond donors (Lipinski definition) is 0. The van der Waals surface area contributed by atoms with E-state index in [1.807, 2.05) is 12.1 Å². The molecule has 1 aliphatic carbocycles. The first kappa shape index (κ1) is 17.9. The molecule has 0 radical (unpaired) electrons. The lowest BCUT2D eigenvalue weighted by atomic mass is 9.90. The van der Waals surface area contributed by atoms with Crippen molar-refractivity contribution in [3.05, 3.63) is 95.0 Å². The Morgan fingerprint density at radius 3 is 2.33 bits per heavy atom. The van der Waals surface area contributed by atoms with Gasteiger partial charge in [0.15, 0.2) is 0 Å². The lowest BCUT2D eigenvalue weighted by Crippen LogP contribution is -2.04. The molecule has 0 amide bonds. The van der Waals surface area contributed by atoms with Gasteiger partial charge in [-0.15, -0.1) is 0 Å². The quantitative estimate of drug-likeness (QED) is 0.483. The number of allylic oxidation sites excluding steroid dienone is 4. The minimum atomic E-state index is 0.827. The van der Waals surface area contributed by atoms with Gasteiger partial charge in [-0.2, -0.15) is 0 Å². The van der Waals surface area contributed by atoms with Crippen LogP contribution in [0.25, 0.3) is 16.7 Å². The van der Waals surface area contributed by atoms with Crippen molar-refractivity contribution in [1.29, 1.82) is 0 Å². The summed E-state index contributed by atoms with van der Waals surface area (Å²) in [4.78, 5) is 0. The fourth-order valence-corrected chi connectivity index (χ4v) is 3.83. The van der Waals surface area contributed by atoms with Gasteiger partial charge in [0.25, 0.3) is 0 Å². The standard InChI is InChI=1S/C24H20BBrO/c25-21-11-19(17-7-3-1-4-8-17)13-23(15-21)27-24-14-20(12-22(26)16-24)18-9-5-2-6-10-18/h2-3,5-16H,1,4,25H2. The van der Waals surface area contributed by atoms with Gasteiger partial charge in [-0.1, -0.05) is 76.0 Å². The largest absolute Gasteiger partial charge is 0.457 e. The van der Waals surface area contributed by atoms with Gasteiger partial charge in [0.1, 0.15) is 19.3 Å². The highest BCUT2D eigenvalue weighted by Gasteiger charge is 2.08. The average molecular weight is 415 g/mol. The molecule has 27 heavy (non-hydrogen) atoms. The Morgan fingerprint density at radius 2 is 1.56 bits per heavy atom. The molecular formula is C24H20BBrO. The van der Waals surface area contributed by atoms with Gasteiger partial charge in [0, 0.05) is 4.47 Å². The second-order valence-corrected chi connectivity index (χ2v) is 7.73. The predicted molar refractivity (Wildman–Crippen MR) is 121 cm³/mol. The van der Waals surface area contributed by atoms with Gasteiger partial charge in [0.2, 0.25) is 0 Å². The summed E-state index contributed by atoms with van der Waals surface area (Å²) >= 11 is 3.62. The molecule has 1 aliphatic rings. The normalized spacial score (nSPS) is 13.3. The smallest absolute Gasteiger partial charge is 0.139 e. The van der Waals surface area contributed by atoms with Crippen molar-refractivity contribution in [3.63, 3.8) is 0 Å². The molecule has 3 aromatic carbocycles. The highest BCUT2D eigenvalue weighted by Crippen LogP contribution is 2.32. The van der Waals surface area contributed by atoms with E-state index >= 15 is 0 Å². The molecule has 0 saturated heterocycles. The first-order chi connectivity index (χ1) is 13.2. The Hall–Kier alpha value is -2.52. The van der Waals surface area contributed by atoms with Crippen LogP contribution in [0.1, 0.15) is 18.4 Å². The lowest BCUT2D eigenvalue weighted by Gasteiger charge is -2.13. The summed E-state index contributed by atoms with van der Waals surface area (Å²) in [6.45, 7) is 0. The number of ether oxygens (including phenoxy) is 1. The summed E-state index contributed by atoms with van der Waals surface area (Å²) in [5.41, 5.74) is 5.98. The molecule has 132 valence electrons. The van der Waals surface area contributed by atoms with Crippen LogP contribution >= 0.6 is 15.9 Å². The third kappa shape index (κ3) is 4.43. The van der Waals surface area contributed by atoms with E-state index in [0.717, 1.165) is 34.4 Å². The monoisotopic (exact) mass is 414 g/mol. The fourth-order valence-electron chi connectivity index (χ4n) is 3.36. The van der Waals surface area contributed by atoms with Crippen molar-refractivity contribution >= 4 is 34.8 Å². The highest BCUT2D eigenvalue weighted by molar-refractivity contribution is 9.10. The Morgan fingerprint density at radius 1 is 0.778 bits per heavy atom. The molecule has 0 N–H and O–H groups in total. The average Bonchev–Trinajstić information content (AvgIpc) is 2.68. The zero-order valence-corrected chi connectivity index (χ0v) is 16.9. The summed E-state index contributed by atoms with van der Waals surface area (Å²) in [5.74, 6) is 1.69. The minimum absolute atomic E-state index is 0.827. The van der Waals surface area contributed by atoms with Gasteiger partial charge in [-0.3, -0.25) is 0 Å². The number of rotatable bonds is 4. The molecule has 0 bridgehead atoms. The third-order valence-corrected chi connectivity index (χ3v) is 5.05. The van der Waals surface area contributed by atoms with Crippen LogP contribution in [-0.4, -0.2) is 7.85 Å². The highest BCUT2D eigenvalue weighted by atomic mass is 79.9. The van der Waals surface area contributed by atoms with Crippen LogP contribution in [-0.2, 0) is 0 Å². The molecule has 0 atom stereocenters. The van der Waals surface area contributed by atoms with Crippen LogP contribution in [0.5, 0.6) is 11.5 Å². The maximum absolute atomic E-state index is 6.25. The Balaban J connectivity index is 1.66. The Kier molecular flexibility index (Phi) is 5.31. The van der Waals surface area contributed by atoms with E-state index in [2.05, 4.69) is 96.6 Å². The molecule has 3 heteroatoms. The molecule has 0 unspecified atom stereocenters. The van der Waals surface area contributed by atoms with E-state index in [1.165, 1.54) is 22.2 Å². The molecule has 3 aromatic rings. The fraction of sp³-hybridized carbons (Fsp3) is 0.0833. The summed E-state index contributed by atoms with van der Waals surface area (Å²) in [6, 6.07) is 23.0.